The van der Waals surface area contributed by atoms with Crippen LogP contribution in [-0.4, -0.2) is 9.67 Å². The first-order valence-corrected chi connectivity index (χ1v) is 7.09. The van der Waals surface area contributed by atoms with Crippen molar-refractivity contribution in [1.29, 1.82) is 5.26 Å². The second-order valence-corrected chi connectivity index (χ2v) is 5.62. The Morgan fingerprint density at radius 2 is 2.20 bits per heavy atom. The van der Waals surface area contributed by atoms with Crippen molar-refractivity contribution in [2.75, 3.05) is 0 Å². The number of hydrogen-bond donors (Lipinski definition) is 1. The van der Waals surface area contributed by atoms with Crippen LogP contribution in [0.3, 0.4) is 0 Å². The molecule has 20 heavy (non-hydrogen) atoms. The Morgan fingerprint density at radius 1 is 1.40 bits per heavy atom. The molecule has 0 saturated heterocycles. The third-order valence-corrected chi connectivity index (χ3v) is 4.19. The highest BCUT2D eigenvalue weighted by atomic mass is 35.5. The lowest BCUT2D eigenvalue weighted by atomic mass is 9.95. The number of fused-ring (bicyclic) bond motifs is 1. The fourth-order valence-corrected chi connectivity index (χ4v) is 3.24. The smallest absolute Gasteiger partial charge is 0.0992 e. The van der Waals surface area contributed by atoms with Gasteiger partial charge >= 0.3 is 0 Å². The summed E-state index contributed by atoms with van der Waals surface area (Å²) in [6, 6.07) is 9.45. The van der Waals surface area contributed by atoms with Crippen LogP contribution in [0.15, 0.2) is 24.3 Å². The molecule has 0 amide bonds. The van der Waals surface area contributed by atoms with Crippen LogP contribution in [-0.2, 0) is 6.42 Å². The normalized spacial score (nSPS) is 17.6. The Labute approximate surface area is 123 Å². The Balaban J connectivity index is 2.18. The van der Waals surface area contributed by atoms with E-state index in [2.05, 4.69) is 10.6 Å². The molecule has 1 aliphatic carbocycles. The largest absolute Gasteiger partial charge is 0.388 e. The Hall–Kier alpha value is -1.76. The van der Waals surface area contributed by atoms with Crippen molar-refractivity contribution in [3.63, 3.8) is 0 Å². The molecule has 4 heteroatoms. The molecule has 1 aromatic heterocycles. The number of halogens is 1. The monoisotopic (exact) mass is 286 g/mol. The number of rotatable bonds is 1. The molecule has 1 unspecified atom stereocenters. The van der Waals surface area contributed by atoms with Gasteiger partial charge in [-0.25, -0.2) is 0 Å². The minimum absolute atomic E-state index is 0.379. The fourth-order valence-electron chi connectivity index (χ4n) is 2.97. The third kappa shape index (κ3) is 2.02. The number of nitriles is 1. The van der Waals surface area contributed by atoms with Crippen LogP contribution in [0.2, 0.25) is 5.02 Å². The number of nitrogens with zero attached hydrogens (tertiary/aromatic N) is 2. The molecule has 0 aliphatic heterocycles. The van der Waals surface area contributed by atoms with Crippen molar-refractivity contribution < 1.29 is 5.11 Å². The Bertz CT molecular complexity index is 712. The molecule has 0 fully saturated rings. The van der Waals surface area contributed by atoms with Crippen molar-refractivity contribution in [1.82, 2.24) is 4.57 Å². The summed E-state index contributed by atoms with van der Waals surface area (Å²) in [4.78, 5) is 0. The summed E-state index contributed by atoms with van der Waals surface area (Å²) in [5.74, 6) is 0. The van der Waals surface area contributed by atoms with Gasteiger partial charge < -0.3 is 9.67 Å². The number of hydrogen-bond acceptors (Lipinski definition) is 2. The summed E-state index contributed by atoms with van der Waals surface area (Å²) in [5, 5.41) is 19.6. The van der Waals surface area contributed by atoms with Crippen LogP contribution < -0.4 is 0 Å². The number of benzene rings is 1. The van der Waals surface area contributed by atoms with E-state index in [4.69, 9.17) is 16.9 Å². The van der Waals surface area contributed by atoms with Gasteiger partial charge in [0.2, 0.25) is 0 Å². The van der Waals surface area contributed by atoms with Gasteiger partial charge in [0, 0.05) is 17.0 Å². The minimum atomic E-state index is -0.379. The molecule has 1 aliphatic rings. The first-order chi connectivity index (χ1) is 9.61. The molecular weight excluding hydrogens is 272 g/mol. The van der Waals surface area contributed by atoms with E-state index in [1.54, 1.807) is 12.1 Å². The molecule has 3 rings (SSSR count). The molecule has 1 aromatic carbocycles. The number of aromatic nitrogens is 1. The molecule has 102 valence electrons. The number of aryl methyl sites for hydroxylation is 1. The van der Waals surface area contributed by atoms with E-state index in [-0.39, 0.29) is 6.10 Å². The Kier molecular flexibility index (Phi) is 3.29. The molecule has 0 radical (unpaired) electrons. The molecule has 3 nitrogen and oxygen atoms in total. The van der Waals surface area contributed by atoms with Crippen LogP contribution in [0.25, 0.3) is 5.69 Å². The van der Waals surface area contributed by atoms with E-state index < -0.39 is 0 Å². The maximum absolute atomic E-state index is 10.1. The lowest BCUT2D eigenvalue weighted by molar-refractivity contribution is 0.156. The topological polar surface area (TPSA) is 49.0 Å². The molecule has 0 bridgehead atoms. The summed E-state index contributed by atoms with van der Waals surface area (Å²) < 4.78 is 2.10. The van der Waals surface area contributed by atoms with Crippen molar-refractivity contribution in [3.05, 3.63) is 51.8 Å². The predicted molar refractivity (Wildman–Crippen MR) is 78.1 cm³/mol. The van der Waals surface area contributed by atoms with Gasteiger partial charge in [-0.1, -0.05) is 11.6 Å². The second kappa shape index (κ2) is 4.97. The molecule has 0 saturated carbocycles. The van der Waals surface area contributed by atoms with E-state index in [0.29, 0.717) is 10.6 Å². The van der Waals surface area contributed by atoms with Crippen molar-refractivity contribution in [2.24, 2.45) is 0 Å². The lowest BCUT2D eigenvalue weighted by Gasteiger charge is -2.21. The van der Waals surface area contributed by atoms with E-state index in [9.17, 15) is 5.11 Å². The summed E-state index contributed by atoms with van der Waals surface area (Å²) in [7, 11) is 0. The van der Waals surface area contributed by atoms with E-state index in [0.717, 1.165) is 41.9 Å². The zero-order valence-corrected chi connectivity index (χ0v) is 12.0. The first-order valence-electron chi connectivity index (χ1n) is 6.71. The van der Waals surface area contributed by atoms with E-state index >= 15 is 0 Å². The first kappa shape index (κ1) is 13.2. The van der Waals surface area contributed by atoms with Gasteiger partial charge in [0.05, 0.1) is 28.4 Å². The van der Waals surface area contributed by atoms with Crippen molar-refractivity contribution in [3.8, 4) is 11.8 Å². The second-order valence-electron chi connectivity index (χ2n) is 5.21. The molecule has 1 N–H and O–H groups in total. The minimum Gasteiger partial charge on any atom is -0.388 e. The molecule has 2 aromatic rings. The highest BCUT2D eigenvalue weighted by Gasteiger charge is 2.24. The number of aliphatic hydroxyl groups is 1. The SMILES string of the molecule is Cc1cc2c(n1-c1ccc(C#N)cc1Cl)CCCC2O. The fraction of sp³-hybridized carbons (Fsp3) is 0.312. The van der Waals surface area contributed by atoms with Gasteiger partial charge in [0.25, 0.3) is 0 Å². The van der Waals surface area contributed by atoms with Gasteiger partial charge in [-0.15, -0.1) is 0 Å². The van der Waals surface area contributed by atoms with Crippen molar-refractivity contribution >= 4 is 11.6 Å². The van der Waals surface area contributed by atoms with Crippen LogP contribution >= 0.6 is 11.6 Å². The number of aliphatic hydroxyl groups excluding tert-OH is 1. The van der Waals surface area contributed by atoms with E-state index in [1.807, 2.05) is 19.1 Å². The maximum Gasteiger partial charge on any atom is 0.0992 e. The van der Waals surface area contributed by atoms with Gasteiger partial charge in [-0.05, 0) is 50.5 Å². The van der Waals surface area contributed by atoms with Crippen LogP contribution in [0.1, 0.15) is 41.5 Å². The molecular formula is C16H15ClN2O. The van der Waals surface area contributed by atoms with Crippen molar-refractivity contribution in [2.45, 2.75) is 32.3 Å². The van der Waals surface area contributed by atoms with Crippen LogP contribution in [0, 0.1) is 18.3 Å². The highest BCUT2D eigenvalue weighted by molar-refractivity contribution is 6.32. The van der Waals surface area contributed by atoms with Crippen LogP contribution in [0.5, 0.6) is 0 Å². The zero-order chi connectivity index (χ0) is 14.3. The summed E-state index contributed by atoms with van der Waals surface area (Å²) >= 11 is 6.32. The highest BCUT2D eigenvalue weighted by Crippen LogP contribution is 2.35. The molecule has 1 atom stereocenters. The van der Waals surface area contributed by atoms with Gasteiger partial charge in [0.15, 0.2) is 0 Å². The summed E-state index contributed by atoms with van der Waals surface area (Å²) in [6.45, 7) is 2.01. The Morgan fingerprint density at radius 3 is 2.90 bits per heavy atom. The predicted octanol–water partition coefficient (Wildman–Crippen LogP) is 3.68. The average Bonchev–Trinajstić information content (AvgIpc) is 2.77. The summed E-state index contributed by atoms with van der Waals surface area (Å²) in [5.41, 5.74) is 4.63. The van der Waals surface area contributed by atoms with E-state index in [1.165, 1.54) is 0 Å². The van der Waals surface area contributed by atoms with Gasteiger partial charge in [0.1, 0.15) is 0 Å². The quantitative estimate of drug-likeness (QED) is 0.869. The lowest BCUT2D eigenvalue weighted by Crippen LogP contribution is -2.11. The average molecular weight is 287 g/mol. The summed E-state index contributed by atoms with van der Waals surface area (Å²) in [6.07, 6.45) is 2.36. The molecule has 1 heterocycles. The standard InChI is InChI=1S/C16H15ClN2O/c1-10-7-12-14(3-2-4-16(12)20)19(10)15-6-5-11(9-18)8-13(15)17/h5-8,16,20H,2-4H2,1H3. The van der Waals surface area contributed by atoms with Gasteiger partial charge in [-0.2, -0.15) is 5.26 Å². The zero-order valence-electron chi connectivity index (χ0n) is 11.2. The van der Waals surface area contributed by atoms with Crippen LogP contribution in [0.4, 0.5) is 0 Å². The maximum atomic E-state index is 10.1. The van der Waals surface area contributed by atoms with Gasteiger partial charge in [-0.3, -0.25) is 0 Å². The third-order valence-electron chi connectivity index (χ3n) is 3.89. The molecule has 0 spiro atoms.